The highest BCUT2D eigenvalue weighted by Gasteiger charge is 2.27. The highest BCUT2D eigenvalue weighted by atomic mass is 19.1. The molecule has 0 spiro atoms. The molecule has 1 aliphatic carbocycles. The van der Waals surface area contributed by atoms with Gasteiger partial charge in [0.2, 0.25) is 6.41 Å². The standard InChI is InChI=1S/C17H13F2NO.C9H19NO2.H2/c18-14-6-7-16(19)15(9-14)13-8-17(20(10-13)11-21)12-4-2-1-3-5-12;1-11-9(12-2)5-6-10-7-8-3-4-8;/h1-9,11,17H,10H2;8-10H,3-7H2,1-2H3;1H/t17-;;/m0../s1. The number of hydrogen-bond acceptors (Lipinski definition) is 4. The molecule has 180 valence electrons. The van der Waals surface area contributed by atoms with Crippen LogP contribution in [0.1, 0.15) is 37.9 Å². The molecule has 1 aliphatic heterocycles. The summed E-state index contributed by atoms with van der Waals surface area (Å²) < 4.78 is 37.3. The first kappa shape index (κ1) is 25.0. The molecular formula is C26H34F2N2O3. The SMILES string of the molecule is COC(CCNCC1CC1)OC.O=CN1CC(c2cc(F)ccc2F)=C[C@H]1c1ccccc1.[HH]. The summed E-state index contributed by atoms with van der Waals surface area (Å²) in [7, 11) is 3.35. The molecule has 2 aromatic carbocycles. The van der Waals surface area contributed by atoms with Crippen molar-refractivity contribution in [2.45, 2.75) is 31.6 Å². The van der Waals surface area contributed by atoms with E-state index in [0.29, 0.717) is 5.57 Å². The third kappa shape index (κ3) is 7.45. The predicted octanol–water partition coefficient (Wildman–Crippen LogP) is 4.80. The Morgan fingerprint density at radius 3 is 2.52 bits per heavy atom. The first-order valence-electron chi connectivity index (χ1n) is 11.2. The summed E-state index contributed by atoms with van der Waals surface area (Å²) in [6.07, 6.45) is 6.24. The second-order valence-corrected chi connectivity index (χ2v) is 8.29. The van der Waals surface area contributed by atoms with E-state index in [-0.39, 0.29) is 25.9 Å². The van der Waals surface area contributed by atoms with E-state index in [1.807, 2.05) is 36.4 Å². The zero-order chi connectivity index (χ0) is 23.6. The number of carbonyl (C=O) groups is 1. The molecule has 7 heteroatoms. The lowest BCUT2D eigenvalue weighted by atomic mass is 10.0. The molecule has 0 radical (unpaired) electrons. The number of amides is 1. The van der Waals surface area contributed by atoms with Crippen LogP contribution in [-0.4, -0.2) is 51.5 Å². The van der Waals surface area contributed by atoms with Crippen molar-refractivity contribution >= 4 is 12.0 Å². The fourth-order valence-electron chi connectivity index (χ4n) is 3.77. The lowest BCUT2D eigenvalue weighted by Crippen LogP contribution is -2.24. The smallest absolute Gasteiger partial charge is 0.210 e. The molecule has 0 unspecified atom stereocenters. The Bertz CT molecular complexity index is 922. The van der Waals surface area contributed by atoms with Crippen molar-refractivity contribution in [1.29, 1.82) is 0 Å². The van der Waals surface area contributed by atoms with Gasteiger partial charge in [-0.3, -0.25) is 4.79 Å². The normalized spacial score (nSPS) is 17.5. The summed E-state index contributed by atoms with van der Waals surface area (Å²) in [6, 6.07) is 12.6. The Hall–Kier alpha value is -2.61. The zero-order valence-corrected chi connectivity index (χ0v) is 19.2. The maximum absolute atomic E-state index is 13.9. The van der Waals surface area contributed by atoms with Crippen LogP contribution in [-0.2, 0) is 14.3 Å². The third-order valence-corrected chi connectivity index (χ3v) is 5.83. The van der Waals surface area contributed by atoms with Crippen LogP contribution >= 0.6 is 0 Å². The van der Waals surface area contributed by atoms with Crippen molar-refractivity contribution in [3.8, 4) is 0 Å². The van der Waals surface area contributed by atoms with Gasteiger partial charge < -0.3 is 19.7 Å². The zero-order valence-electron chi connectivity index (χ0n) is 19.2. The summed E-state index contributed by atoms with van der Waals surface area (Å²) in [5.41, 5.74) is 1.77. The predicted molar refractivity (Wildman–Crippen MR) is 126 cm³/mol. The van der Waals surface area contributed by atoms with E-state index in [0.717, 1.165) is 49.1 Å². The van der Waals surface area contributed by atoms with Crippen molar-refractivity contribution in [2.75, 3.05) is 33.9 Å². The monoisotopic (exact) mass is 460 g/mol. The number of halogens is 2. The topological polar surface area (TPSA) is 50.8 Å². The van der Waals surface area contributed by atoms with Crippen LogP contribution in [0.4, 0.5) is 8.78 Å². The van der Waals surface area contributed by atoms with Gasteiger partial charge in [-0.1, -0.05) is 36.4 Å². The number of rotatable bonds is 10. The first-order valence-corrected chi connectivity index (χ1v) is 11.2. The maximum Gasteiger partial charge on any atom is 0.210 e. The number of methoxy groups -OCH3 is 2. The van der Waals surface area contributed by atoms with Crippen LogP contribution in [0.5, 0.6) is 0 Å². The molecule has 0 aromatic heterocycles. The van der Waals surface area contributed by atoms with Gasteiger partial charge in [0.05, 0.1) is 6.04 Å². The number of benzene rings is 2. The minimum atomic E-state index is -0.492. The van der Waals surface area contributed by atoms with E-state index in [2.05, 4.69) is 5.32 Å². The van der Waals surface area contributed by atoms with Crippen molar-refractivity contribution in [2.24, 2.45) is 5.92 Å². The fourth-order valence-corrected chi connectivity index (χ4v) is 3.77. The van der Waals surface area contributed by atoms with E-state index in [9.17, 15) is 13.6 Å². The molecule has 2 aliphatic rings. The summed E-state index contributed by atoms with van der Waals surface area (Å²) in [5, 5.41) is 3.39. The molecule has 1 amide bonds. The lowest BCUT2D eigenvalue weighted by Gasteiger charge is -2.19. The fraction of sp³-hybridized carbons (Fsp3) is 0.423. The van der Waals surface area contributed by atoms with Gasteiger partial charge in [-0.15, -0.1) is 0 Å². The molecule has 1 fully saturated rings. The average Bonchev–Trinajstić information content (AvgIpc) is 3.57. The quantitative estimate of drug-likeness (QED) is 0.314. The number of hydrogen-bond donors (Lipinski definition) is 1. The summed E-state index contributed by atoms with van der Waals surface area (Å²) in [5.74, 6) is -0.0242. The highest BCUT2D eigenvalue weighted by Crippen LogP contribution is 2.34. The highest BCUT2D eigenvalue weighted by molar-refractivity contribution is 5.74. The minimum absolute atomic E-state index is 0. The number of nitrogens with zero attached hydrogens (tertiary/aromatic N) is 1. The van der Waals surface area contributed by atoms with Crippen molar-refractivity contribution in [3.63, 3.8) is 0 Å². The third-order valence-electron chi connectivity index (χ3n) is 5.83. The van der Waals surface area contributed by atoms with Gasteiger partial charge in [0.15, 0.2) is 6.29 Å². The van der Waals surface area contributed by atoms with Crippen LogP contribution in [0.2, 0.25) is 0 Å². The molecule has 0 saturated heterocycles. The molecular weight excluding hydrogens is 426 g/mol. The van der Waals surface area contributed by atoms with E-state index < -0.39 is 11.6 Å². The van der Waals surface area contributed by atoms with Gasteiger partial charge in [-0.25, -0.2) is 8.78 Å². The van der Waals surface area contributed by atoms with Gasteiger partial charge >= 0.3 is 0 Å². The Morgan fingerprint density at radius 2 is 1.88 bits per heavy atom. The van der Waals surface area contributed by atoms with Crippen molar-refractivity contribution in [3.05, 3.63) is 77.4 Å². The summed E-state index contributed by atoms with van der Waals surface area (Å²) in [6.45, 7) is 2.42. The van der Waals surface area contributed by atoms with Gasteiger partial charge in [0, 0.05) is 34.2 Å². The molecule has 1 atom stereocenters. The molecule has 1 saturated carbocycles. The lowest BCUT2D eigenvalue weighted by molar-refractivity contribution is -0.118. The summed E-state index contributed by atoms with van der Waals surface area (Å²) >= 11 is 0. The largest absolute Gasteiger partial charge is 0.356 e. The molecule has 33 heavy (non-hydrogen) atoms. The number of ether oxygens (including phenoxy) is 2. The van der Waals surface area contributed by atoms with Crippen LogP contribution in [0.15, 0.2) is 54.6 Å². The van der Waals surface area contributed by atoms with Crippen LogP contribution in [0, 0.1) is 17.6 Å². The Labute approximate surface area is 195 Å². The van der Waals surface area contributed by atoms with E-state index in [1.165, 1.54) is 19.4 Å². The minimum Gasteiger partial charge on any atom is -0.356 e. The van der Waals surface area contributed by atoms with E-state index >= 15 is 0 Å². The van der Waals surface area contributed by atoms with Crippen molar-refractivity contribution in [1.82, 2.24) is 10.2 Å². The Morgan fingerprint density at radius 1 is 1.15 bits per heavy atom. The summed E-state index contributed by atoms with van der Waals surface area (Å²) in [4.78, 5) is 12.8. The Kier molecular flexibility index (Phi) is 9.54. The number of nitrogens with one attached hydrogen (secondary N) is 1. The maximum atomic E-state index is 13.9. The molecule has 1 heterocycles. The van der Waals surface area contributed by atoms with Crippen LogP contribution in [0.25, 0.3) is 5.57 Å². The van der Waals surface area contributed by atoms with E-state index in [4.69, 9.17) is 9.47 Å². The first-order chi connectivity index (χ1) is 16.0. The molecule has 4 rings (SSSR count). The van der Waals surface area contributed by atoms with Gasteiger partial charge in [-0.2, -0.15) is 0 Å². The molecule has 1 N–H and O–H groups in total. The molecule has 5 nitrogen and oxygen atoms in total. The second-order valence-electron chi connectivity index (χ2n) is 8.29. The molecule has 2 aromatic rings. The average molecular weight is 461 g/mol. The van der Waals surface area contributed by atoms with Gasteiger partial charge in [0.1, 0.15) is 11.6 Å². The van der Waals surface area contributed by atoms with Crippen LogP contribution in [0.3, 0.4) is 0 Å². The number of carbonyl (C=O) groups excluding carboxylic acids is 1. The van der Waals surface area contributed by atoms with Gasteiger partial charge in [0.25, 0.3) is 0 Å². The van der Waals surface area contributed by atoms with E-state index in [1.54, 1.807) is 19.1 Å². The molecule has 0 bridgehead atoms. The Balaban J connectivity index is 0.000000270. The van der Waals surface area contributed by atoms with Gasteiger partial charge in [-0.05, 0) is 61.2 Å². The van der Waals surface area contributed by atoms with Crippen LogP contribution < -0.4 is 5.32 Å². The van der Waals surface area contributed by atoms with Crippen molar-refractivity contribution < 1.29 is 24.5 Å². The second kappa shape index (κ2) is 12.6.